The normalized spacial score (nSPS) is 18.6. The summed E-state index contributed by atoms with van der Waals surface area (Å²) in [5.41, 5.74) is 6.54. The first-order chi connectivity index (χ1) is 12.0. The van der Waals surface area contributed by atoms with Crippen molar-refractivity contribution in [2.75, 3.05) is 25.2 Å². The fourth-order valence-electron chi connectivity index (χ4n) is 2.65. The molecule has 9 heteroatoms. The van der Waals surface area contributed by atoms with Crippen LogP contribution < -0.4 is 10.6 Å². The molecule has 8 nitrogen and oxygen atoms in total. The van der Waals surface area contributed by atoms with Crippen molar-refractivity contribution >= 4 is 39.2 Å². The number of anilines is 1. The Hall–Kier alpha value is -2.23. The number of thiazole rings is 1. The summed E-state index contributed by atoms with van der Waals surface area (Å²) in [4.78, 5) is 28.8. The summed E-state index contributed by atoms with van der Waals surface area (Å²) in [6.45, 7) is 0.770. The van der Waals surface area contributed by atoms with Crippen LogP contribution in [0.3, 0.4) is 0 Å². The van der Waals surface area contributed by atoms with Gasteiger partial charge in [0.2, 0.25) is 5.91 Å². The van der Waals surface area contributed by atoms with Crippen molar-refractivity contribution in [1.29, 1.82) is 0 Å². The van der Waals surface area contributed by atoms with Crippen LogP contribution in [0.1, 0.15) is 24.0 Å². The van der Waals surface area contributed by atoms with Crippen LogP contribution in [0.25, 0.3) is 10.2 Å². The van der Waals surface area contributed by atoms with Gasteiger partial charge in [-0.2, -0.15) is 0 Å². The van der Waals surface area contributed by atoms with E-state index in [-0.39, 0.29) is 18.9 Å². The molecule has 1 aromatic heterocycles. The second-order valence-corrected chi connectivity index (χ2v) is 6.86. The number of hydrogen-bond acceptors (Lipinski definition) is 7. The molecular weight excluding hydrogens is 346 g/mol. The number of aromatic nitrogens is 1. The first kappa shape index (κ1) is 17.6. The Balaban J connectivity index is 1.78. The summed E-state index contributed by atoms with van der Waals surface area (Å²) in [5, 5.41) is 10.7. The third-order valence-corrected chi connectivity index (χ3v) is 5.00. The van der Waals surface area contributed by atoms with Crippen molar-refractivity contribution in [3.05, 3.63) is 23.2 Å². The summed E-state index contributed by atoms with van der Waals surface area (Å²) >= 11 is 1.33. The van der Waals surface area contributed by atoms with Crippen LogP contribution in [0.4, 0.5) is 10.5 Å². The van der Waals surface area contributed by atoms with E-state index in [0.29, 0.717) is 23.8 Å². The number of rotatable bonds is 7. The minimum absolute atomic E-state index is 0.100. The first-order valence-electron chi connectivity index (χ1n) is 7.82. The second-order valence-electron chi connectivity index (χ2n) is 5.80. The number of nitrogens with two attached hydrogens (primary N) is 1. The number of aliphatic hydroxyl groups is 1. The molecule has 1 saturated heterocycles. The molecule has 0 aliphatic carbocycles. The van der Waals surface area contributed by atoms with E-state index in [2.05, 4.69) is 4.98 Å². The number of amides is 2. The number of cyclic esters (lactones) is 1. The zero-order valence-corrected chi connectivity index (χ0v) is 14.5. The van der Waals surface area contributed by atoms with E-state index in [1.165, 1.54) is 11.3 Å². The summed E-state index contributed by atoms with van der Waals surface area (Å²) in [5.74, 6) is -0.458. The Morgan fingerprint density at radius 3 is 3.12 bits per heavy atom. The molecular formula is C16H19N3O5S. The van der Waals surface area contributed by atoms with Crippen LogP contribution in [0.5, 0.6) is 0 Å². The third kappa shape index (κ3) is 3.89. The molecule has 1 aliphatic heterocycles. The van der Waals surface area contributed by atoms with Gasteiger partial charge in [-0.3, -0.25) is 9.69 Å². The molecule has 0 spiro atoms. The van der Waals surface area contributed by atoms with Crippen molar-refractivity contribution in [1.82, 2.24) is 4.98 Å². The highest BCUT2D eigenvalue weighted by Crippen LogP contribution is 2.32. The Morgan fingerprint density at radius 2 is 2.40 bits per heavy atom. The van der Waals surface area contributed by atoms with Gasteiger partial charge in [0.1, 0.15) is 17.2 Å². The number of ether oxygens (including phenoxy) is 2. The molecule has 0 saturated carbocycles. The highest BCUT2D eigenvalue weighted by molar-refractivity contribution is 7.18. The summed E-state index contributed by atoms with van der Waals surface area (Å²) in [6.07, 6.45) is -1.20. The smallest absolute Gasteiger partial charge is 0.414 e. The molecule has 2 amide bonds. The van der Waals surface area contributed by atoms with E-state index >= 15 is 0 Å². The predicted octanol–water partition coefficient (Wildman–Crippen LogP) is 1.57. The van der Waals surface area contributed by atoms with Gasteiger partial charge in [-0.05, 0) is 24.6 Å². The van der Waals surface area contributed by atoms with Crippen molar-refractivity contribution in [2.24, 2.45) is 5.73 Å². The van der Waals surface area contributed by atoms with Gasteiger partial charge in [0.25, 0.3) is 0 Å². The molecule has 25 heavy (non-hydrogen) atoms. The largest absolute Gasteiger partial charge is 0.441 e. The van der Waals surface area contributed by atoms with Gasteiger partial charge in [-0.25, -0.2) is 9.78 Å². The molecule has 1 aliphatic rings. The van der Waals surface area contributed by atoms with Crippen LogP contribution >= 0.6 is 11.3 Å². The standard InChI is InChI=1S/C16H19N3O5S/c1-23-8-10-7-19(16(22)24-10)9-2-3-11-13(6-9)25-15(18-11)12(20)4-5-14(17)21/h2-3,6,10,12,20H,4-5,7-8H2,1H3,(H2,17,21). The molecule has 134 valence electrons. The van der Waals surface area contributed by atoms with E-state index in [4.69, 9.17) is 15.2 Å². The predicted molar refractivity (Wildman–Crippen MR) is 92.5 cm³/mol. The van der Waals surface area contributed by atoms with Crippen molar-refractivity contribution in [3.63, 3.8) is 0 Å². The first-order valence-corrected chi connectivity index (χ1v) is 8.63. The number of fused-ring (bicyclic) bond motifs is 1. The minimum Gasteiger partial charge on any atom is -0.441 e. The summed E-state index contributed by atoms with van der Waals surface area (Å²) in [7, 11) is 1.56. The quantitative estimate of drug-likeness (QED) is 0.769. The molecule has 2 unspecified atom stereocenters. The third-order valence-electron chi connectivity index (χ3n) is 3.88. The lowest BCUT2D eigenvalue weighted by Crippen LogP contribution is -2.25. The van der Waals surface area contributed by atoms with Gasteiger partial charge < -0.3 is 20.3 Å². The Labute approximate surface area is 148 Å². The number of carbonyl (C=O) groups is 2. The molecule has 3 rings (SSSR count). The van der Waals surface area contributed by atoms with Crippen molar-refractivity contribution in [3.8, 4) is 0 Å². The van der Waals surface area contributed by atoms with E-state index < -0.39 is 18.1 Å². The number of primary amides is 1. The minimum atomic E-state index is -0.837. The zero-order chi connectivity index (χ0) is 18.0. The highest BCUT2D eigenvalue weighted by Gasteiger charge is 2.32. The molecule has 0 bridgehead atoms. The van der Waals surface area contributed by atoms with Crippen LogP contribution in [0.2, 0.25) is 0 Å². The van der Waals surface area contributed by atoms with Gasteiger partial charge in [0.05, 0.1) is 23.4 Å². The molecule has 2 aromatic rings. The lowest BCUT2D eigenvalue weighted by atomic mass is 10.2. The van der Waals surface area contributed by atoms with E-state index in [9.17, 15) is 14.7 Å². The van der Waals surface area contributed by atoms with Crippen molar-refractivity contribution in [2.45, 2.75) is 25.0 Å². The number of methoxy groups -OCH3 is 1. The number of aliphatic hydroxyl groups excluding tert-OH is 1. The van der Waals surface area contributed by atoms with E-state index in [1.807, 2.05) is 6.07 Å². The van der Waals surface area contributed by atoms with Crippen LogP contribution in [-0.4, -0.2) is 48.5 Å². The fraction of sp³-hybridized carbons (Fsp3) is 0.438. The van der Waals surface area contributed by atoms with Gasteiger partial charge in [0.15, 0.2) is 0 Å². The average Bonchev–Trinajstić information content (AvgIpc) is 3.15. The van der Waals surface area contributed by atoms with Gasteiger partial charge in [-0.1, -0.05) is 0 Å². The van der Waals surface area contributed by atoms with Crippen molar-refractivity contribution < 1.29 is 24.2 Å². The zero-order valence-electron chi connectivity index (χ0n) is 13.7. The monoisotopic (exact) mass is 365 g/mol. The number of benzene rings is 1. The molecule has 1 fully saturated rings. The Kier molecular flexibility index (Phi) is 5.16. The molecule has 3 N–H and O–H groups in total. The van der Waals surface area contributed by atoms with Gasteiger partial charge in [-0.15, -0.1) is 11.3 Å². The summed E-state index contributed by atoms with van der Waals surface area (Å²) < 4.78 is 11.1. The van der Waals surface area contributed by atoms with Crippen LogP contribution in [-0.2, 0) is 14.3 Å². The van der Waals surface area contributed by atoms with E-state index in [0.717, 1.165) is 10.2 Å². The van der Waals surface area contributed by atoms with E-state index in [1.54, 1.807) is 24.1 Å². The second kappa shape index (κ2) is 7.34. The highest BCUT2D eigenvalue weighted by atomic mass is 32.1. The lowest BCUT2D eigenvalue weighted by Gasteiger charge is -2.12. The Morgan fingerprint density at radius 1 is 1.60 bits per heavy atom. The molecule has 2 atom stereocenters. The number of nitrogens with zero attached hydrogens (tertiary/aromatic N) is 2. The molecule has 0 radical (unpaired) electrons. The topological polar surface area (TPSA) is 115 Å². The maximum absolute atomic E-state index is 12.0. The average molecular weight is 365 g/mol. The Bertz CT molecular complexity index is 793. The fourth-order valence-corrected chi connectivity index (χ4v) is 3.67. The van der Waals surface area contributed by atoms with Crippen LogP contribution in [0, 0.1) is 0 Å². The lowest BCUT2D eigenvalue weighted by molar-refractivity contribution is -0.118. The van der Waals surface area contributed by atoms with Gasteiger partial charge >= 0.3 is 6.09 Å². The van der Waals surface area contributed by atoms with Gasteiger partial charge in [0, 0.05) is 19.2 Å². The number of carbonyl (C=O) groups excluding carboxylic acids is 2. The van der Waals surface area contributed by atoms with Crippen LogP contribution in [0.15, 0.2) is 18.2 Å². The molecule has 2 heterocycles. The number of hydrogen-bond donors (Lipinski definition) is 2. The SMILES string of the molecule is COCC1CN(c2ccc3nc(C(O)CCC(N)=O)sc3c2)C(=O)O1. The molecule has 1 aromatic carbocycles. The summed E-state index contributed by atoms with van der Waals surface area (Å²) in [6, 6.07) is 5.42. The maximum Gasteiger partial charge on any atom is 0.414 e. The maximum atomic E-state index is 12.0.